The average molecular weight is 287 g/mol. The minimum atomic E-state index is 0.0960. The lowest BCUT2D eigenvalue weighted by atomic mass is 10.2. The van der Waals surface area contributed by atoms with E-state index in [1.54, 1.807) is 34.6 Å². The molecule has 3 aromatic rings. The predicted octanol–water partition coefficient (Wildman–Crippen LogP) is 1.87. The second-order valence-corrected chi connectivity index (χ2v) is 4.99. The molecule has 0 aromatic carbocycles. The molecule has 0 spiro atoms. The summed E-state index contributed by atoms with van der Waals surface area (Å²) in [5, 5.41) is 7.33. The molecule has 102 valence electrons. The Morgan fingerprint density at radius 1 is 1.35 bits per heavy atom. The quantitative estimate of drug-likeness (QED) is 0.760. The maximum atomic E-state index is 5.73. The minimum Gasteiger partial charge on any atom is -0.368 e. The molecule has 0 fully saturated rings. The van der Waals surface area contributed by atoms with E-state index < -0.39 is 0 Å². The van der Waals surface area contributed by atoms with Crippen LogP contribution in [-0.4, -0.2) is 24.5 Å². The van der Waals surface area contributed by atoms with Gasteiger partial charge in [-0.15, -0.1) is 0 Å². The molecule has 1 atom stereocenters. The summed E-state index contributed by atoms with van der Waals surface area (Å²) in [7, 11) is 0. The van der Waals surface area contributed by atoms with Crippen molar-refractivity contribution < 1.29 is 0 Å². The van der Waals surface area contributed by atoms with Gasteiger partial charge in [-0.1, -0.05) is 0 Å². The van der Waals surface area contributed by atoms with Crippen molar-refractivity contribution in [1.29, 1.82) is 0 Å². The van der Waals surface area contributed by atoms with E-state index in [0.717, 1.165) is 0 Å². The topological polar surface area (TPSA) is 94.5 Å². The van der Waals surface area contributed by atoms with Crippen LogP contribution in [0.3, 0.4) is 0 Å². The molecule has 20 heavy (non-hydrogen) atoms. The summed E-state index contributed by atoms with van der Waals surface area (Å²) in [6, 6.07) is 2.16. The summed E-state index contributed by atoms with van der Waals surface area (Å²) in [4.78, 5) is 16.5. The first kappa shape index (κ1) is 12.5. The number of hydrogen-bond donors (Lipinski definition) is 2. The van der Waals surface area contributed by atoms with Crippen molar-refractivity contribution >= 4 is 23.2 Å². The normalized spacial score (nSPS) is 12.2. The van der Waals surface area contributed by atoms with Gasteiger partial charge < -0.3 is 11.1 Å². The second-order valence-electron chi connectivity index (χ2n) is 4.21. The molecule has 0 aliphatic rings. The Morgan fingerprint density at radius 3 is 2.95 bits per heavy atom. The Bertz CT molecular complexity index is 678. The smallest absolute Gasteiger partial charge is 0.241 e. The molecule has 1 unspecified atom stereocenters. The first-order valence-corrected chi connectivity index (χ1v) is 6.95. The molecule has 0 saturated heterocycles. The lowest BCUT2D eigenvalue weighted by molar-refractivity contribution is 0.840. The zero-order valence-electron chi connectivity index (χ0n) is 10.8. The van der Waals surface area contributed by atoms with Crippen molar-refractivity contribution in [2.24, 2.45) is 0 Å². The monoisotopic (exact) mass is 287 g/mol. The molecule has 0 saturated carbocycles. The van der Waals surface area contributed by atoms with Gasteiger partial charge in [-0.25, -0.2) is 4.98 Å². The fourth-order valence-corrected chi connectivity index (χ4v) is 2.49. The number of nitrogens with two attached hydrogens (primary N) is 1. The Labute approximate surface area is 119 Å². The van der Waals surface area contributed by atoms with Gasteiger partial charge in [-0.05, 0) is 29.3 Å². The SMILES string of the molecule is CC(Nc1nc(N)nc(-n2ccnc2)n1)c1ccsc1. The number of anilines is 2. The Hall–Kier alpha value is -2.48. The molecule has 0 aliphatic heterocycles. The van der Waals surface area contributed by atoms with E-state index in [2.05, 4.69) is 36.7 Å². The molecule has 0 bridgehead atoms. The minimum absolute atomic E-state index is 0.0960. The van der Waals surface area contributed by atoms with Gasteiger partial charge in [0, 0.05) is 12.4 Å². The summed E-state index contributed by atoms with van der Waals surface area (Å²) in [5.74, 6) is 1.05. The lowest BCUT2D eigenvalue weighted by Gasteiger charge is -2.13. The van der Waals surface area contributed by atoms with Crippen molar-refractivity contribution in [2.75, 3.05) is 11.1 Å². The standard InChI is InChI=1S/C12H13N7S/c1-8(9-2-5-20-6-9)15-11-16-10(13)17-12(18-11)19-4-3-14-7-19/h2-8H,1H3,(H3,13,15,16,17,18). The van der Waals surface area contributed by atoms with Crippen LogP contribution in [-0.2, 0) is 0 Å². The number of aromatic nitrogens is 5. The number of rotatable bonds is 4. The summed E-state index contributed by atoms with van der Waals surface area (Å²) in [5.41, 5.74) is 6.90. The first-order valence-electron chi connectivity index (χ1n) is 6.01. The van der Waals surface area contributed by atoms with Crippen LogP contribution in [0.4, 0.5) is 11.9 Å². The molecule has 7 nitrogen and oxygen atoms in total. The number of nitrogen functional groups attached to an aromatic ring is 1. The van der Waals surface area contributed by atoms with Crippen LogP contribution in [0.2, 0.25) is 0 Å². The van der Waals surface area contributed by atoms with Gasteiger partial charge in [0.2, 0.25) is 17.8 Å². The largest absolute Gasteiger partial charge is 0.368 e. The van der Waals surface area contributed by atoms with Gasteiger partial charge in [0.25, 0.3) is 0 Å². The van der Waals surface area contributed by atoms with Crippen molar-refractivity contribution in [2.45, 2.75) is 13.0 Å². The van der Waals surface area contributed by atoms with Crippen LogP contribution >= 0.6 is 11.3 Å². The molecular weight excluding hydrogens is 274 g/mol. The van der Waals surface area contributed by atoms with Gasteiger partial charge in [-0.2, -0.15) is 26.3 Å². The Morgan fingerprint density at radius 2 is 2.25 bits per heavy atom. The van der Waals surface area contributed by atoms with E-state index in [0.29, 0.717) is 11.9 Å². The van der Waals surface area contributed by atoms with Gasteiger partial charge in [0.05, 0.1) is 6.04 Å². The van der Waals surface area contributed by atoms with E-state index >= 15 is 0 Å². The van der Waals surface area contributed by atoms with Crippen LogP contribution in [0, 0.1) is 0 Å². The molecular formula is C12H13N7S. The molecule has 3 heterocycles. The van der Waals surface area contributed by atoms with Gasteiger partial charge in [0.15, 0.2) is 0 Å². The van der Waals surface area contributed by atoms with Crippen LogP contribution in [0.15, 0.2) is 35.5 Å². The third kappa shape index (κ3) is 2.59. The van der Waals surface area contributed by atoms with Crippen molar-refractivity contribution in [3.8, 4) is 5.95 Å². The predicted molar refractivity (Wildman–Crippen MR) is 77.7 cm³/mol. The Kier molecular flexibility index (Phi) is 3.30. The fourth-order valence-electron chi connectivity index (χ4n) is 1.74. The third-order valence-corrected chi connectivity index (χ3v) is 3.47. The molecule has 0 amide bonds. The highest BCUT2D eigenvalue weighted by Crippen LogP contribution is 2.19. The average Bonchev–Trinajstić information content (AvgIpc) is 3.12. The number of hydrogen-bond acceptors (Lipinski definition) is 7. The summed E-state index contributed by atoms with van der Waals surface area (Å²) in [6.07, 6.45) is 5.02. The van der Waals surface area contributed by atoms with E-state index in [1.807, 2.05) is 12.3 Å². The van der Waals surface area contributed by atoms with Gasteiger partial charge in [0.1, 0.15) is 6.33 Å². The molecule has 0 radical (unpaired) electrons. The summed E-state index contributed by atoms with van der Waals surface area (Å²) in [6.45, 7) is 2.04. The number of thiophene rings is 1. The highest BCUT2D eigenvalue weighted by atomic mass is 32.1. The Balaban J connectivity index is 1.87. The molecule has 3 aromatic heterocycles. The van der Waals surface area contributed by atoms with Crippen molar-refractivity contribution in [3.05, 3.63) is 41.1 Å². The maximum Gasteiger partial charge on any atom is 0.241 e. The van der Waals surface area contributed by atoms with Gasteiger partial charge >= 0.3 is 0 Å². The van der Waals surface area contributed by atoms with Crippen molar-refractivity contribution in [3.63, 3.8) is 0 Å². The number of imidazole rings is 1. The highest BCUT2D eigenvalue weighted by molar-refractivity contribution is 7.07. The fraction of sp³-hybridized carbons (Fsp3) is 0.167. The zero-order valence-corrected chi connectivity index (χ0v) is 11.6. The highest BCUT2D eigenvalue weighted by Gasteiger charge is 2.10. The molecule has 8 heteroatoms. The molecule has 3 N–H and O–H groups in total. The van der Waals surface area contributed by atoms with Crippen LogP contribution < -0.4 is 11.1 Å². The zero-order chi connectivity index (χ0) is 13.9. The summed E-state index contributed by atoms with van der Waals surface area (Å²) >= 11 is 1.65. The van der Waals surface area contributed by atoms with E-state index in [-0.39, 0.29) is 12.0 Å². The third-order valence-electron chi connectivity index (χ3n) is 2.77. The van der Waals surface area contributed by atoms with E-state index in [9.17, 15) is 0 Å². The van der Waals surface area contributed by atoms with Crippen LogP contribution in [0.25, 0.3) is 5.95 Å². The van der Waals surface area contributed by atoms with Crippen LogP contribution in [0.1, 0.15) is 18.5 Å². The van der Waals surface area contributed by atoms with E-state index in [4.69, 9.17) is 5.73 Å². The number of nitrogens with one attached hydrogen (secondary N) is 1. The maximum absolute atomic E-state index is 5.73. The lowest BCUT2D eigenvalue weighted by Crippen LogP contribution is -2.13. The molecule has 3 rings (SSSR count). The second kappa shape index (κ2) is 5.25. The summed E-state index contributed by atoms with van der Waals surface area (Å²) < 4.78 is 1.68. The van der Waals surface area contributed by atoms with Crippen molar-refractivity contribution in [1.82, 2.24) is 24.5 Å². The number of nitrogens with zero attached hydrogens (tertiary/aromatic N) is 5. The first-order chi connectivity index (χ1) is 9.72. The van der Waals surface area contributed by atoms with Gasteiger partial charge in [-0.3, -0.25) is 4.57 Å². The van der Waals surface area contributed by atoms with E-state index in [1.165, 1.54) is 5.56 Å². The molecule has 0 aliphatic carbocycles. The van der Waals surface area contributed by atoms with Crippen LogP contribution in [0.5, 0.6) is 0 Å².